The predicted molar refractivity (Wildman–Crippen MR) is 103 cm³/mol. The maximum atomic E-state index is 12.6. The molecule has 0 aromatic heterocycles. The van der Waals surface area contributed by atoms with E-state index in [0.29, 0.717) is 26.2 Å². The molecule has 6 nitrogen and oxygen atoms in total. The summed E-state index contributed by atoms with van der Waals surface area (Å²) in [6.45, 7) is 6.48. The topological polar surface area (TPSA) is 78.7 Å². The summed E-state index contributed by atoms with van der Waals surface area (Å²) in [6.07, 6.45) is 2.51. The standard InChI is InChI=1S/C20H30N4O2/c1-20(14-21)9-12-23(15-20)13-18(25)24-10-7-16(8-11-24)19(26)22-17-5-3-2-4-6-17/h2-6,16H,7-15,21H2,1H3,(H,22,26). The Labute approximate surface area is 155 Å². The van der Waals surface area contributed by atoms with Crippen LogP contribution in [0.15, 0.2) is 30.3 Å². The first-order valence-electron chi connectivity index (χ1n) is 9.55. The number of nitrogens with two attached hydrogens (primary N) is 1. The van der Waals surface area contributed by atoms with Crippen LogP contribution in [0.5, 0.6) is 0 Å². The van der Waals surface area contributed by atoms with Crippen molar-refractivity contribution < 1.29 is 9.59 Å². The van der Waals surface area contributed by atoms with Crippen LogP contribution in [0.4, 0.5) is 5.69 Å². The fraction of sp³-hybridized carbons (Fsp3) is 0.600. The highest BCUT2D eigenvalue weighted by atomic mass is 16.2. The maximum Gasteiger partial charge on any atom is 0.236 e. The van der Waals surface area contributed by atoms with Crippen LogP contribution in [-0.2, 0) is 9.59 Å². The van der Waals surface area contributed by atoms with Crippen molar-refractivity contribution in [1.82, 2.24) is 9.80 Å². The van der Waals surface area contributed by atoms with Gasteiger partial charge in [-0.05, 0) is 49.9 Å². The van der Waals surface area contributed by atoms with E-state index in [1.54, 1.807) is 0 Å². The molecule has 2 aliphatic rings. The molecule has 2 heterocycles. The molecule has 3 rings (SSSR count). The lowest BCUT2D eigenvalue weighted by Crippen LogP contribution is -2.45. The number of likely N-dealkylation sites (tertiary alicyclic amines) is 2. The number of piperidine rings is 1. The van der Waals surface area contributed by atoms with Crippen LogP contribution in [0.1, 0.15) is 26.2 Å². The number of benzene rings is 1. The number of anilines is 1. The molecule has 26 heavy (non-hydrogen) atoms. The molecule has 2 fully saturated rings. The number of rotatable bonds is 5. The van der Waals surface area contributed by atoms with Crippen LogP contribution in [0.25, 0.3) is 0 Å². The first-order valence-corrected chi connectivity index (χ1v) is 9.55. The number of para-hydroxylation sites is 1. The van der Waals surface area contributed by atoms with Gasteiger partial charge in [0, 0.05) is 31.2 Å². The van der Waals surface area contributed by atoms with Crippen molar-refractivity contribution >= 4 is 17.5 Å². The van der Waals surface area contributed by atoms with Gasteiger partial charge in [0.15, 0.2) is 0 Å². The molecule has 142 valence electrons. The molecular weight excluding hydrogens is 328 g/mol. The third kappa shape index (κ3) is 4.62. The van der Waals surface area contributed by atoms with Crippen LogP contribution >= 0.6 is 0 Å². The second-order valence-corrected chi connectivity index (χ2v) is 7.99. The van der Waals surface area contributed by atoms with Crippen molar-refractivity contribution in [2.75, 3.05) is 44.6 Å². The second kappa shape index (κ2) is 8.18. The van der Waals surface area contributed by atoms with E-state index >= 15 is 0 Å². The summed E-state index contributed by atoms with van der Waals surface area (Å²) in [5.74, 6) is 0.210. The average Bonchev–Trinajstić information content (AvgIpc) is 3.04. The largest absolute Gasteiger partial charge is 0.342 e. The lowest BCUT2D eigenvalue weighted by molar-refractivity contribution is -0.135. The summed E-state index contributed by atoms with van der Waals surface area (Å²) in [5, 5.41) is 2.97. The Bertz CT molecular complexity index is 628. The lowest BCUT2D eigenvalue weighted by atomic mass is 9.90. The van der Waals surface area contributed by atoms with Crippen molar-refractivity contribution in [3.8, 4) is 0 Å². The number of carbonyl (C=O) groups is 2. The monoisotopic (exact) mass is 358 g/mol. The summed E-state index contributed by atoms with van der Waals surface area (Å²) in [7, 11) is 0. The van der Waals surface area contributed by atoms with Gasteiger partial charge in [0.1, 0.15) is 0 Å². The molecule has 1 atom stereocenters. The van der Waals surface area contributed by atoms with Crippen LogP contribution in [0, 0.1) is 11.3 Å². The average molecular weight is 358 g/mol. The molecule has 1 aromatic carbocycles. The quantitative estimate of drug-likeness (QED) is 0.837. The minimum atomic E-state index is -0.0217. The van der Waals surface area contributed by atoms with Crippen molar-refractivity contribution in [3.05, 3.63) is 30.3 Å². The third-order valence-electron chi connectivity index (χ3n) is 5.75. The van der Waals surface area contributed by atoms with E-state index in [1.807, 2.05) is 35.2 Å². The summed E-state index contributed by atoms with van der Waals surface area (Å²) in [5.41, 5.74) is 6.81. The smallest absolute Gasteiger partial charge is 0.236 e. The molecule has 1 aromatic rings. The Morgan fingerprint density at radius 2 is 1.88 bits per heavy atom. The first kappa shape index (κ1) is 18.9. The summed E-state index contributed by atoms with van der Waals surface area (Å²) < 4.78 is 0. The molecule has 0 saturated carbocycles. The highest BCUT2D eigenvalue weighted by Crippen LogP contribution is 2.28. The molecule has 0 bridgehead atoms. The van der Waals surface area contributed by atoms with Gasteiger partial charge in [-0.3, -0.25) is 14.5 Å². The lowest BCUT2D eigenvalue weighted by Gasteiger charge is -2.32. The zero-order valence-corrected chi connectivity index (χ0v) is 15.6. The van der Waals surface area contributed by atoms with E-state index in [9.17, 15) is 9.59 Å². The molecule has 2 amide bonds. The highest BCUT2D eigenvalue weighted by molar-refractivity contribution is 5.92. The van der Waals surface area contributed by atoms with Crippen LogP contribution in [-0.4, -0.2) is 60.9 Å². The fourth-order valence-corrected chi connectivity index (χ4v) is 3.88. The summed E-state index contributed by atoms with van der Waals surface area (Å²) >= 11 is 0. The molecule has 0 radical (unpaired) electrons. The third-order valence-corrected chi connectivity index (χ3v) is 5.75. The van der Waals surface area contributed by atoms with Crippen molar-refractivity contribution in [1.29, 1.82) is 0 Å². The van der Waals surface area contributed by atoms with Gasteiger partial charge in [-0.1, -0.05) is 25.1 Å². The van der Waals surface area contributed by atoms with Crippen LogP contribution in [0.3, 0.4) is 0 Å². The van der Waals surface area contributed by atoms with E-state index in [0.717, 1.165) is 38.0 Å². The Morgan fingerprint density at radius 3 is 2.50 bits per heavy atom. The van der Waals surface area contributed by atoms with Gasteiger partial charge >= 0.3 is 0 Å². The molecule has 2 aliphatic heterocycles. The van der Waals surface area contributed by atoms with Crippen LogP contribution < -0.4 is 11.1 Å². The van der Waals surface area contributed by atoms with E-state index in [-0.39, 0.29) is 23.1 Å². The molecule has 0 spiro atoms. The van der Waals surface area contributed by atoms with Crippen LogP contribution in [0.2, 0.25) is 0 Å². The minimum Gasteiger partial charge on any atom is -0.342 e. The van der Waals surface area contributed by atoms with Gasteiger partial charge in [0.05, 0.1) is 6.54 Å². The van der Waals surface area contributed by atoms with Gasteiger partial charge in [-0.15, -0.1) is 0 Å². The van der Waals surface area contributed by atoms with E-state index in [1.165, 1.54) is 0 Å². The van der Waals surface area contributed by atoms with Gasteiger partial charge in [0.25, 0.3) is 0 Å². The van der Waals surface area contributed by atoms with Crippen molar-refractivity contribution in [3.63, 3.8) is 0 Å². The van der Waals surface area contributed by atoms with Gasteiger partial charge in [-0.25, -0.2) is 0 Å². The van der Waals surface area contributed by atoms with Gasteiger partial charge < -0.3 is 16.0 Å². The van der Waals surface area contributed by atoms with E-state index < -0.39 is 0 Å². The van der Waals surface area contributed by atoms with Crippen molar-refractivity contribution in [2.45, 2.75) is 26.2 Å². The van der Waals surface area contributed by atoms with Gasteiger partial charge in [0.2, 0.25) is 11.8 Å². The number of nitrogens with zero attached hydrogens (tertiary/aromatic N) is 2. The number of amides is 2. The van der Waals surface area contributed by atoms with E-state index in [2.05, 4.69) is 17.1 Å². The number of hydrogen-bond donors (Lipinski definition) is 2. The minimum absolute atomic E-state index is 0.0217. The first-order chi connectivity index (χ1) is 12.5. The molecular formula is C20H30N4O2. The Kier molecular flexibility index (Phi) is 5.94. The molecule has 6 heteroatoms. The number of carbonyl (C=O) groups excluding carboxylic acids is 2. The summed E-state index contributed by atoms with van der Waals surface area (Å²) in [6, 6.07) is 9.52. The van der Waals surface area contributed by atoms with Crippen molar-refractivity contribution in [2.24, 2.45) is 17.1 Å². The Balaban J connectivity index is 1.43. The zero-order chi connectivity index (χ0) is 18.6. The molecule has 0 aliphatic carbocycles. The molecule has 2 saturated heterocycles. The van der Waals surface area contributed by atoms with Gasteiger partial charge in [-0.2, -0.15) is 0 Å². The fourth-order valence-electron chi connectivity index (χ4n) is 3.88. The Morgan fingerprint density at radius 1 is 1.19 bits per heavy atom. The summed E-state index contributed by atoms with van der Waals surface area (Å²) in [4.78, 5) is 29.1. The number of hydrogen-bond acceptors (Lipinski definition) is 4. The normalized spacial score (nSPS) is 24.6. The molecule has 3 N–H and O–H groups in total. The zero-order valence-electron chi connectivity index (χ0n) is 15.6. The van der Waals surface area contributed by atoms with E-state index in [4.69, 9.17) is 5.73 Å². The number of nitrogens with one attached hydrogen (secondary N) is 1. The second-order valence-electron chi connectivity index (χ2n) is 7.99. The Hall–Kier alpha value is -1.92. The maximum absolute atomic E-state index is 12.6. The highest BCUT2D eigenvalue weighted by Gasteiger charge is 2.34. The SMILES string of the molecule is CC1(CN)CCN(CC(=O)N2CCC(C(=O)Nc3ccccc3)CC2)C1. The predicted octanol–water partition coefficient (Wildman–Crippen LogP) is 1.53. The molecule has 1 unspecified atom stereocenters.